The molecule has 0 atom stereocenters. The molecule has 0 radical (unpaired) electrons. The van der Waals surface area contributed by atoms with Gasteiger partial charge in [0.1, 0.15) is 11.8 Å². The Bertz CT molecular complexity index is 1280. The molecule has 0 aliphatic carbocycles. The second-order valence-electron chi connectivity index (χ2n) is 7.69. The molecule has 30 heavy (non-hydrogen) atoms. The van der Waals surface area contributed by atoms with Crippen molar-refractivity contribution >= 4 is 22.3 Å². The minimum absolute atomic E-state index is 0.505. The maximum Gasteiger partial charge on any atom is 0.143 e. The largest absolute Gasteiger partial charge is 0.355 e. The van der Waals surface area contributed by atoms with Crippen molar-refractivity contribution in [2.75, 3.05) is 5.32 Å². The summed E-state index contributed by atoms with van der Waals surface area (Å²) in [5, 5.41) is 13.9. The molecule has 0 saturated carbocycles. The molecule has 4 heteroatoms. The van der Waals surface area contributed by atoms with Crippen molar-refractivity contribution in [3.05, 3.63) is 82.8 Å². The van der Waals surface area contributed by atoms with Gasteiger partial charge >= 0.3 is 0 Å². The number of fused-ring (bicyclic) bond motifs is 1. The van der Waals surface area contributed by atoms with Gasteiger partial charge in [0.25, 0.3) is 0 Å². The first-order chi connectivity index (χ1) is 14.5. The minimum Gasteiger partial charge on any atom is -0.355 e. The van der Waals surface area contributed by atoms with E-state index in [4.69, 9.17) is 4.98 Å². The standard InChI is InChI=1S/C26H24N4/c1-5-19-13-21(15-28-25(19)14-27)20-6-8-22(9-7-20)30-24-12-18(4)29-26-17(3)10-16(2)11-23(24)26/h6-13,15H,5H2,1-4H3,(H,29,30). The first kappa shape index (κ1) is 19.6. The van der Waals surface area contributed by atoms with Gasteiger partial charge < -0.3 is 5.32 Å². The summed E-state index contributed by atoms with van der Waals surface area (Å²) in [6.45, 7) is 8.28. The number of nitriles is 1. The Morgan fingerprint density at radius 2 is 1.73 bits per heavy atom. The summed E-state index contributed by atoms with van der Waals surface area (Å²) in [5.74, 6) is 0. The number of hydrogen-bond acceptors (Lipinski definition) is 4. The highest BCUT2D eigenvalue weighted by Crippen LogP contribution is 2.30. The molecule has 0 aliphatic heterocycles. The van der Waals surface area contributed by atoms with E-state index in [0.29, 0.717) is 5.69 Å². The Morgan fingerprint density at radius 1 is 0.967 bits per heavy atom. The Hall–Kier alpha value is -3.71. The topological polar surface area (TPSA) is 61.6 Å². The second kappa shape index (κ2) is 7.96. The van der Waals surface area contributed by atoms with Gasteiger partial charge in [0.15, 0.2) is 0 Å². The van der Waals surface area contributed by atoms with Crippen LogP contribution in [0.3, 0.4) is 0 Å². The number of pyridine rings is 2. The van der Waals surface area contributed by atoms with Crippen LogP contribution >= 0.6 is 0 Å². The van der Waals surface area contributed by atoms with Gasteiger partial charge in [-0.15, -0.1) is 0 Å². The van der Waals surface area contributed by atoms with Gasteiger partial charge in [0.05, 0.1) is 5.52 Å². The lowest BCUT2D eigenvalue weighted by Gasteiger charge is -2.14. The molecule has 0 unspecified atom stereocenters. The zero-order chi connectivity index (χ0) is 21.3. The van der Waals surface area contributed by atoms with Crippen LogP contribution in [-0.4, -0.2) is 9.97 Å². The predicted octanol–water partition coefficient (Wildman–Crippen LogP) is 6.40. The molecule has 0 spiro atoms. The van der Waals surface area contributed by atoms with E-state index in [1.165, 1.54) is 11.1 Å². The van der Waals surface area contributed by atoms with Crippen molar-refractivity contribution in [1.29, 1.82) is 5.26 Å². The number of rotatable bonds is 4. The predicted molar refractivity (Wildman–Crippen MR) is 123 cm³/mol. The van der Waals surface area contributed by atoms with Crippen LogP contribution in [-0.2, 0) is 6.42 Å². The minimum atomic E-state index is 0.505. The number of hydrogen-bond donors (Lipinski definition) is 1. The quantitative estimate of drug-likeness (QED) is 0.436. The fraction of sp³-hybridized carbons (Fsp3) is 0.192. The van der Waals surface area contributed by atoms with Crippen LogP contribution in [0, 0.1) is 32.1 Å². The molecule has 4 aromatic rings. The van der Waals surface area contributed by atoms with Gasteiger partial charge in [-0.25, -0.2) is 4.98 Å². The number of aryl methyl sites for hydroxylation is 4. The third kappa shape index (κ3) is 3.75. The Balaban J connectivity index is 1.67. The first-order valence-corrected chi connectivity index (χ1v) is 10.1. The number of nitrogens with one attached hydrogen (secondary N) is 1. The summed E-state index contributed by atoms with van der Waals surface area (Å²) in [6.07, 6.45) is 2.56. The van der Waals surface area contributed by atoms with E-state index in [9.17, 15) is 5.26 Å². The number of benzene rings is 2. The van der Waals surface area contributed by atoms with Crippen LogP contribution < -0.4 is 5.32 Å². The van der Waals surface area contributed by atoms with E-state index >= 15 is 0 Å². The molecule has 0 fully saturated rings. The molecule has 0 bridgehead atoms. The summed E-state index contributed by atoms with van der Waals surface area (Å²) in [6, 6.07) is 19.0. The van der Waals surface area contributed by atoms with Crippen LogP contribution in [0.2, 0.25) is 0 Å². The van der Waals surface area contributed by atoms with Gasteiger partial charge in [-0.3, -0.25) is 4.98 Å². The molecular weight excluding hydrogens is 368 g/mol. The molecule has 1 N–H and O–H groups in total. The average Bonchev–Trinajstić information content (AvgIpc) is 2.74. The normalized spacial score (nSPS) is 10.8. The third-order valence-electron chi connectivity index (χ3n) is 5.33. The average molecular weight is 393 g/mol. The fourth-order valence-corrected chi connectivity index (χ4v) is 3.85. The van der Waals surface area contributed by atoms with Crippen LogP contribution in [0.15, 0.2) is 54.7 Å². The van der Waals surface area contributed by atoms with E-state index in [-0.39, 0.29) is 0 Å². The lowest BCUT2D eigenvalue weighted by atomic mass is 10.0. The Labute approximate surface area is 177 Å². The van der Waals surface area contributed by atoms with E-state index < -0.39 is 0 Å². The maximum atomic E-state index is 9.19. The smallest absolute Gasteiger partial charge is 0.143 e. The number of aromatic nitrogens is 2. The van der Waals surface area contributed by atoms with Gasteiger partial charge in [0, 0.05) is 34.2 Å². The highest BCUT2D eigenvalue weighted by atomic mass is 14.9. The third-order valence-corrected chi connectivity index (χ3v) is 5.33. The van der Waals surface area contributed by atoms with Crippen LogP contribution in [0.1, 0.15) is 35.0 Å². The summed E-state index contributed by atoms with van der Waals surface area (Å²) in [7, 11) is 0. The highest BCUT2D eigenvalue weighted by molar-refractivity contribution is 5.95. The van der Waals surface area contributed by atoms with E-state index in [1.807, 2.05) is 13.8 Å². The zero-order valence-electron chi connectivity index (χ0n) is 17.7. The van der Waals surface area contributed by atoms with Gasteiger partial charge in [0.2, 0.25) is 0 Å². The van der Waals surface area contributed by atoms with Crippen LogP contribution in [0.25, 0.3) is 22.0 Å². The first-order valence-electron chi connectivity index (χ1n) is 10.1. The lowest BCUT2D eigenvalue weighted by Crippen LogP contribution is -1.97. The van der Waals surface area contributed by atoms with Crippen molar-refractivity contribution in [3.8, 4) is 17.2 Å². The molecule has 0 aliphatic rings. The molecule has 2 aromatic heterocycles. The Kier molecular flexibility index (Phi) is 5.20. The molecule has 148 valence electrons. The van der Waals surface area contributed by atoms with Crippen molar-refractivity contribution in [3.63, 3.8) is 0 Å². The van der Waals surface area contributed by atoms with Gasteiger partial charge in [-0.05, 0) is 74.2 Å². The SMILES string of the molecule is CCc1cc(-c2ccc(Nc3cc(C)nc4c(C)cc(C)cc34)cc2)cnc1C#N. The molecular formula is C26H24N4. The highest BCUT2D eigenvalue weighted by Gasteiger charge is 2.09. The maximum absolute atomic E-state index is 9.19. The monoisotopic (exact) mass is 392 g/mol. The van der Waals surface area contributed by atoms with Crippen molar-refractivity contribution in [1.82, 2.24) is 9.97 Å². The van der Waals surface area contributed by atoms with E-state index in [2.05, 4.69) is 78.7 Å². The molecule has 0 amide bonds. The molecule has 4 rings (SSSR count). The van der Waals surface area contributed by atoms with E-state index in [1.54, 1.807) is 6.20 Å². The summed E-state index contributed by atoms with van der Waals surface area (Å²) in [5.41, 5.74) is 10.1. The summed E-state index contributed by atoms with van der Waals surface area (Å²) < 4.78 is 0. The number of nitrogens with zero attached hydrogens (tertiary/aromatic N) is 3. The van der Waals surface area contributed by atoms with Crippen molar-refractivity contribution in [2.24, 2.45) is 0 Å². The van der Waals surface area contributed by atoms with Gasteiger partial charge in [-0.1, -0.05) is 30.7 Å². The molecule has 0 saturated heterocycles. The summed E-state index contributed by atoms with van der Waals surface area (Å²) >= 11 is 0. The van der Waals surface area contributed by atoms with Crippen molar-refractivity contribution in [2.45, 2.75) is 34.1 Å². The molecule has 4 nitrogen and oxygen atoms in total. The fourth-order valence-electron chi connectivity index (χ4n) is 3.85. The van der Waals surface area contributed by atoms with E-state index in [0.717, 1.165) is 51.1 Å². The molecule has 2 heterocycles. The molecule has 2 aromatic carbocycles. The Morgan fingerprint density at radius 3 is 2.43 bits per heavy atom. The van der Waals surface area contributed by atoms with Crippen LogP contribution in [0.5, 0.6) is 0 Å². The van der Waals surface area contributed by atoms with Crippen LogP contribution in [0.4, 0.5) is 11.4 Å². The van der Waals surface area contributed by atoms with Crippen molar-refractivity contribution < 1.29 is 0 Å². The van der Waals surface area contributed by atoms with Gasteiger partial charge in [-0.2, -0.15) is 5.26 Å². The summed E-state index contributed by atoms with van der Waals surface area (Å²) in [4.78, 5) is 9.04. The lowest BCUT2D eigenvalue weighted by molar-refractivity contribution is 1.08. The zero-order valence-corrected chi connectivity index (χ0v) is 17.7. The number of anilines is 2. The second-order valence-corrected chi connectivity index (χ2v) is 7.69.